The molecule has 0 aromatic heterocycles. The minimum atomic E-state index is 0.128. The molecule has 3 saturated heterocycles. The molecule has 7 heteroatoms. The molecule has 1 amide bonds. The maximum atomic E-state index is 12.7. The van der Waals surface area contributed by atoms with Crippen molar-refractivity contribution < 1.29 is 9.53 Å². The lowest BCUT2D eigenvalue weighted by molar-refractivity contribution is -0.122. The minimum Gasteiger partial charge on any atom is -0.379 e. The van der Waals surface area contributed by atoms with E-state index in [0.29, 0.717) is 13.1 Å². The summed E-state index contributed by atoms with van der Waals surface area (Å²) in [4.78, 5) is 20.0. The van der Waals surface area contributed by atoms with Crippen LogP contribution in [-0.4, -0.2) is 92.7 Å². The van der Waals surface area contributed by atoms with Crippen molar-refractivity contribution in [3.05, 3.63) is 34.9 Å². The van der Waals surface area contributed by atoms with E-state index in [1.807, 2.05) is 18.2 Å². The summed E-state index contributed by atoms with van der Waals surface area (Å²) < 4.78 is 5.45. The van der Waals surface area contributed by atoms with E-state index in [1.165, 1.54) is 32.2 Å². The molecule has 31 heavy (non-hydrogen) atoms. The number of morpholine rings is 1. The fraction of sp³-hybridized carbons (Fsp3) is 0.708. The first-order valence-corrected chi connectivity index (χ1v) is 12.3. The number of rotatable bonds is 8. The predicted octanol–water partition coefficient (Wildman–Crippen LogP) is 2.64. The standard InChI is InChI=1S/C24H37ClN4O2/c25-22-6-2-1-5-21(22)23(29-9-3-4-10-29)17-26-24(30)19-27-11-7-20(8-12-27)18-28-13-15-31-16-14-28/h1-2,5-6,20,23H,3-4,7-19H2,(H,26,30). The highest BCUT2D eigenvalue weighted by Crippen LogP contribution is 2.29. The van der Waals surface area contributed by atoms with E-state index in [9.17, 15) is 4.79 Å². The lowest BCUT2D eigenvalue weighted by Crippen LogP contribution is -2.46. The Balaban J connectivity index is 1.22. The number of nitrogens with one attached hydrogen (secondary N) is 1. The number of hydrogen-bond donors (Lipinski definition) is 1. The van der Waals surface area contributed by atoms with Crippen LogP contribution >= 0.6 is 11.6 Å². The van der Waals surface area contributed by atoms with Crippen LogP contribution in [0.15, 0.2) is 24.3 Å². The fourth-order valence-electron chi connectivity index (χ4n) is 5.18. The van der Waals surface area contributed by atoms with Gasteiger partial charge in [0.25, 0.3) is 0 Å². The maximum absolute atomic E-state index is 12.7. The van der Waals surface area contributed by atoms with E-state index in [-0.39, 0.29) is 11.9 Å². The second kappa shape index (κ2) is 11.6. The molecular weight excluding hydrogens is 412 g/mol. The summed E-state index contributed by atoms with van der Waals surface area (Å²) in [6.45, 7) is 10.3. The van der Waals surface area contributed by atoms with Crippen molar-refractivity contribution in [2.75, 3.05) is 72.1 Å². The molecule has 3 aliphatic heterocycles. The number of halogens is 1. The Labute approximate surface area is 191 Å². The molecule has 1 aromatic rings. The van der Waals surface area contributed by atoms with Crippen LogP contribution in [0.2, 0.25) is 5.02 Å². The highest BCUT2D eigenvalue weighted by Gasteiger charge is 2.27. The van der Waals surface area contributed by atoms with Gasteiger partial charge in [0.2, 0.25) is 5.91 Å². The first-order valence-electron chi connectivity index (χ1n) is 12.0. The van der Waals surface area contributed by atoms with E-state index in [1.54, 1.807) is 0 Å². The van der Waals surface area contributed by atoms with Gasteiger partial charge in [0.05, 0.1) is 25.8 Å². The minimum absolute atomic E-state index is 0.128. The van der Waals surface area contributed by atoms with Crippen LogP contribution in [0.1, 0.15) is 37.3 Å². The average Bonchev–Trinajstić information content (AvgIpc) is 3.32. The third-order valence-electron chi connectivity index (χ3n) is 7.03. The van der Waals surface area contributed by atoms with Crippen molar-refractivity contribution in [1.29, 1.82) is 0 Å². The number of nitrogens with zero attached hydrogens (tertiary/aromatic N) is 3. The number of ether oxygens (including phenoxy) is 1. The Hall–Kier alpha value is -1.18. The molecule has 3 aliphatic rings. The topological polar surface area (TPSA) is 48.1 Å². The summed E-state index contributed by atoms with van der Waals surface area (Å²) in [6, 6.07) is 8.19. The Bertz CT molecular complexity index is 699. The smallest absolute Gasteiger partial charge is 0.234 e. The van der Waals surface area contributed by atoms with Crippen molar-refractivity contribution in [3.8, 4) is 0 Å². The Morgan fingerprint density at radius 1 is 1.03 bits per heavy atom. The normalized spacial score (nSPS) is 23.1. The van der Waals surface area contributed by atoms with Crippen molar-refractivity contribution in [2.24, 2.45) is 5.92 Å². The molecule has 3 fully saturated rings. The van der Waals surface area contributed by atoms with Crippen molar-refractivity contribution in [3.63, 3.8) is 0 Å². The van der Waals surface area contributed by atoms with Crippen LogP contribution in [0.4, 0.5) is 0 Å². The molecule has 3 heterocycles. The van der Waals surface area contributed by atoms with Crippen molar-refractivity contribution >= 4 is 17.5 Å². The van der Waals surface area contributed by atoms with Crippen LogP contribution in [0, 0.1) is 5.92 Å². The molecule has 172 valence electrons. The van der Waals surface area contributed by atoms with E-state index in [0.717, 1.165) is 69.0 Å². The quantitative estimate of drug-likeness (QED) is 0.662. The second-order valence-electron chi connectivity index (χ2n) is 9.22. The van der Waals surface area contributed by atoms with E-state index >= 15 is 0 Å². The number of likely N-dealkylation sites (tertiary alicyclic amines) is 2. The molecule has 0 bridgehead atoms. The number of hydrogen-bond acceptors (Lipinski definition) is 5. The summed E-state index contributed by atoms with van der Waals surface area (Å²) in [5.41, 5.74) is 1.12. The number of amides is 1. The number of benzene rings is 1. The van der Waals surface area contributed by atoms with E-state index in [4.69, 9.17) is 16.3 Å². The monoisotopic (exact) mass is 448 g/mol. The van der Waals surface area contributed by atoms with Gasteiger partial charge in [-0.15, -0.1) is 0 Å². The fourth-order valence-corrected chi connectivity index (χ4v) is 5.44. The van der Waals surface area contributed by atoms with Crippen LogP contribution in [0.5, 0.6) is 0 Å². The van der Waals surface area contributed by atoms with Crippen LogP contribution in [0.3, 0.4) is 0 Å². The highest BCUT2D eigenvalue weighted by molar-refractivity contribution is 6.31. The molecule has 0 radical (unpaired) electrons. The highest BCUT2D eigenvalue weighted by atomic mass is 35.5. The SMILES string of the molecule is O=C(CN1CCC(CN2CCOCC2)CC1)NCC(c1ccccc1Cl)N1CCCC1. The largest absolute Gasteiger partial charge is 0.379 e. The molecule has 1 unspecified atom stereocenters. The summed E-state index contributed by atoms with van der Waals surface area (Å²) in [7, 11) is 0. The van der Waals surface area contributed by atoms with Crippen LogP contribution in [-0.2, 0) is 9.53 Å². The molecule has 0 saturated carbocycles. The third kappa shape index (κ3) is 6.65. The molecule has 0 spiro atoms. The number of carbonyl (C=O) groups excluding carboxylic acids is 1. The summed E-state index contributed by atoms with van der Waals surface area (Å²) in [5.74, 6) is 0.875. The maximum Gasteiger partial charge on any atom is 0.234 e. The molecule has 4 rings (SSSR count). The van der Waals surface area contributed by atoms with Crippen molar-refractivity contribution in [1.82, 2.24) is 20.0 Å². The second-order valence-corrected chi connectivity index (χ2v) is 9.62. The van der Waals surface area contributed by atoms with Gasteiger partial charge in [-0.25, -0.2) is 0 Å². The van der Waals surface area contributed by atoms with Gasteiger partial charge in [-0.1, -0.05) is 29.8 Å². The Morgan fingerprint density at radius 3 is 2.45 bits per heavy atom. The van der Waals surface area contributed by atoms with Crippen LogP contribution in [0.25, 0.3) is 0 Å². The lowest BCUT2D eigenvalue weighted by atomic mass is 9.96. The molecular formula is C24H37ClN4O2. The molecule has 0 aliphatic carbocycles. The number of piperidine rings is 1. The average molecular weight is 449 g/mol. The first kappa shape index (κ1) is 23.0. The zero-order valence-electron chi connectivity index (χ0n) is 18.6. The molecule has 1 aromatic carbocycles. The van der Waals surface area contributed by atoms with E-state index < -0.39 is 0 Å². The lowest BCUT2D eigenvalue weighted by Gasteiger charge is -2.36. The van der Waals surface area contributed by atoms with Gasteiger partial charge >= 0.3 is 0 Å². The Morgan fingerprint density at radius 2 is 1.74 bits per heavy atom. The first-order chi connectivity index (χ1) is 15.2. The van der Waals surface area contributed by atoms with Gasteiger partial charge in [-0.2, -0.15) is 0 Å². The summed E-state index contributed by atoms with van der Waals surface area (Å²) in [5, 5.41) is 3.99. The third-order valence-corrected chi connectivity index (χ3v) is 7.38. The van der Waals surface area contributed by atoms with Gasteiger partial charge in [-0.05, 0) is 69.4 Å². The molecule has 1 N–H and O–H groups in total. The van der Waals surface area contributed by atoms with Gasteiger partial charge < -0.3 is 10.1 Å². The summed E-state index contributed by atoms with van der Waals surface area (Å²) >= 11 is 6.49. The number of carbonyl (C=O) groups is 1. The zero-order chi connectivity index (χ0) is 21.5. The van der Waals surface area contributed by atoms with Crippen LogP contribution < -0.4 is 5.32 Å². The summed E-state index contributed by atoms with van der Waals surface area (Å²) in [6.07, 6.45) is 4.80. The predicted molar refractivity (Wildman–Crippen MR) is 124 cm³/mol. The molecule has 1 atom stereocenters. The van der Waals surface area contributed by atoms with Gasteiger partial charge in [-0.3, -0.25) is 19.5 Å². The van der Waals surface area contributed by atoms with Gasteiger partial charge in [0.1, 0.15) is 0 Å². The zero-order valence-corrected chi connectivity index (χ0v) is 19.4. The Kier molecular flexibility index (Phi) is 8.62. The molecule has 6 nitrogen and oxygen atoms in total. The van der Waals surface area contributed by atoms with Gasteiger partial charge in [0, 0.05) is 31.2 Å². The van der Waals surface area contributed by atoms with Gasteiger partial charge in [0.15, 0.2) is 0 Å². The van der Waals surface area contributed by atoms with E-state index in [2.05, 4.69) is 26.1 Å². The van der Waals surface area contributed by atoms with Crippen molar-refractivity contribution in [2.45, 2.75) is 31.7 Å².